The number of nitrogens with one attached hydrogen (secondary N) is 1. The summed E-state index contributed by atoms with van der Waals surface area (Å²) in [4.78, 5) is -0.105. The number of methoxy groups -OCH3 is 2. The fourth-order valence-corrected chi connectivity index (χ4v) is 6.01. The van der Waals surface area contributed by atoms with Gasteiger partial charge in [0.15, 0.2) is 22.0 Å². The molecule has 0 unspecified atom stereocenters. The number of aromatic nitrogens is 3. The predicted molar refractivity (Wildman–Crippen MR) is 134 cm³/mol. The lowest BCUT2D eigenvalue weighted by Crippen LogP contribution is -2.28. The number of benzene rings is 2. The van der Waals surface area contributed by atoms with Crippen molar-refractivity contribution in [2.45, 2.75) is 37.1 Å². The lowest BCUT2D eigenvalue weighted by atomic mass is 9.80. The van der Waals surface area contributed by atoms with Crippen LogP contribution in [0.2, 0.25) is 5.02 Å². The van der Waals surface area contributed by atoms with Crippen molar-refractivity contribution in [3.63, 3.8) is 0 Å². The summed E-state index contributed by atoms with van der Waals surface area (Å²) in [5.41, 5.74) is 1.48. The van der Waals surface area contributed by atoms with E-state index in [0.717, 1.165) is 12.0 Å². The van der Waals surface area contributed by atoms with E-state index in [1.54, 1.807) is 35.3 Å². The van der Waals surface area contributed by atoms with Gasteiger partial charge in [0.25, 0.3) is 10.0 Å². The van der Waals surface area contributed by atoms with Gasteiger partial charge in [-0.05, 0) is 35.6 Å². The Bertz CT molecular complexity index is 1550. The van der Waals surface area contributed by atoms with E-state index in [-0.39, 0.29) is 33.4 Å². The third-order valence-electron chi connectivity index (χ3n) is 6.33. The smallest absolute Gasteiger partial charge is 0.270 e. The van der Waals surface area contributed by atoms with Gasteiger partial charge in [-0.1, -0.05) is 36.7 Å². The second-order valence-electron chi connectivity index (χ2n) is 9.05. The largest absolute Gasteiger partial charge is 0.495 e. The first-order chi connectivity index (χ1) is 17.2. The Balaban J connectivity index is 1.61. The van der Waals surface area contributed by atoms with Crippen molar-refractivity contribution in [2.24, 2.45) is 0 Å². The molecular weight excluding hydrogens is 508 g/mol. The number of nitrogens with zero attached hydrogens (tertiary/aromatic N) is 3. The van der Waals surface area contributed by atoms with Crippen LogP contribution in [0.25, 0.3) is 11.0 Å². The van der Waals surface area contributed by atoms with Gasteiger partial charge in [0.05, 0.1) is 32.4 Å². The molecule has 0 saturated carbocycles. The molecule has 2 aromatic heterocycles. The third-order valence-corrected chi connectivity index (χ3v) is 8.13. The molecular formula is C24H25ClN4O6S. The normalized spacial score (nSPS) is 14.8. The van der Waals surface area contributed by atoms with Gasteiger partial charge >= 0.3 is 0 Å². The Kier molecular flexibility index (Phi) is 6.00. The summed E-state index contributed by atoms with van der Waals surface area (Å²) in [6.07, 6.45) is 4.21. The van der Waals surface area contributed by atoms with Crippen LogP contribution in [0, 0.1) is 0 Å². The highest BCUT2D eigenvalue weighted by Gasteiger charge is 2.37. The van der Waals surface area contributed by atoms with E-state index in [1.807, 2.05) is 19.9 Å². The zero-order valence-electron chi connectivity index (χ0n) is 20.2. The Hall–Kier alpha value is -3.44. The minimum atomic E-state index is -4.23. The maximum absolute atomic E-state index is 13.7. The molecule has 0 radical (unpaired) electrons. The van der Waals surface area contributed by atoms with Gasteiger partial charge in [0.2, 0.25) is 0 Å². The molecule has 12 heteroatoms. The SMILES string of the molecule is COc1ccc2c(c1S(=O)(=O)Nc1noc3cc(Cn4cccn4)c(Cl)c(OC)c13)OCCC2(C)C. The highest BCUT2D eigenvalue weighted by Crippen LogP contribution is 2.47. The van der Waals surface area contributed by atoms with E-state index in [0.29, 0.717) is 34.7 Å². The molecule has 0 atom stereocenters. The fraction of sp³-hybridized carbons (Fsp3) is 0.333. The van der Waals surface area contributed by atoms with Crippen molar-refractivity contribution in [1.82, 2.24) is 14.9 Å². The van der Waals surface area contributed by atoms with Crippen molar-refractivity contribution in [3.05, 3.63) is 52.8 Å². The van der Waals surface area contributed by atoms with Gasteiger partial charge in [-0.15, -0.1) is 0 Å². The highest BCUT2D eigenvalue weighted by atomic mass is 35.5. The van der Waals surface area contributed by atoms with Gasteiger partial charge in [0, 0.05) is 18.0 Å². The number of hydrogen-bond donors (Lipinski definition) is 1. The summed E-state index contributed by atoms with van der Waals surface area (Å²) in [6.45, 7) is 4.83. The standard InChI is InChI=1S/C24H25ClN4O6S/c1-24(2)8-11-34-20-15(24)6-7-16(32-3)22(20)36(30,31)28-23-18-17(35-27-23)12-14(19(25)21(18)33-4)13-29-10-5-9-26-29/h5-7,9-10,12H,8,11,13H2,1-4H3,(H,27,28). The molecule has 0 saturated heterocycles. The van der Waals surface area contributed by atoms with Gasteiger partial charge in [-0.25, -0.2) is 8.42 Å². The molecule has 190 valence electrons. The van der Waals surface area contributed by atoms with E-state index in [4.69, 9.17) is 30.3 Å². The van der Waals surface area contributed by atoms with E-state index in [9.17, 15) is 8.42 Å². The molecule has 10 nitrogen and oxygen atoms in total. The van der Waals surface area contributed by atoms with Crippen LogP contribution in [0.4, 0.5) is 5.82 Å². The molecule has 0 fully saturated rings. The van der Waals surface area contributed by atoms with Crippen molar-refractivity contribution in [2.75, 3.05) is 25.5 Å². The molecule has 0 bridgehead atoms. The lowest BCUT2D eigenvalue weighted by Gasteiger charge is -2.33. The number of halogens is 1. The zero-order chi connectivity index (χ0) is 25.7. The molecule has 3 heterocycles. The van der Waals surface area contributed by atoms with Crippen molar-refractivity contribution < 1.29 is 27.2 Å². The van der Waals surface area contributed by atoms with Gasteiger partial charge < -0.3 is 18.7 Å². The first kappa shape index (κ1) is 24.3. The average Bonchev–Trinajstić information content (AvgIpc) is 3.48. The molecule has 0 aliphatic carbocycles. The molecule has 0 amide bonds. The quantitative estimate of drug-likeness (QED) is 0.367. The summed E-state index contributed by atoms with van der Waals surface area (Å²) in [5.74, 6) is 0.578. The number of ether oxygens (including phenoxy) is 3. The van der Waals surface area contributed by atoms with E-state index < -0.39 is 10.0 Å². The molecule has 36 heavy (non-hydrogen) atoms. The molecule has 5 rings (SSSR count). The maximum atomic E-state index is 13.7. The van der Waals surface area contributed by atoms with Crippen LogP contribution in [0.15, 0.2) is 46.1 Å². The number of anilines is 1. The Morgan fingerprint density at radius 1 is 1.25 bits per heavy atom. The number of sulfonamides is 1. The van der Waals surface area contributed by atoms with Gasteiger partial charge in [-0.2, -0.15) is 5.10 Å². The van der Waals surface area contributed by atoms with Crippen LogP contribution in [0.3, 0.4) is 0 Å². The summed E-state index contributed by atoms with van der Waals surface area (Å²) in [7, 11) is -1.39. The second-order valence-corrected chi connectivity index (χ2v) is 11.0. The molecule has 0 spiro atoms. The summed E-state index contributed by atoms with van der Waals surface area (Å²) >= 11 is 6.64. The van der Waals surface area contributed by atoms with E-state index in [2.05, 4.69) is 15.0 Å². The Morgan fingerprint density at radius 2 is 2.06 bits per heavy atom. The number of fused-ring (bicyclic) bond motifs is 2. The monoisotopic (exact) mass is 532 g/mol. The molecule has 1 aliphatic heterocycles. The second kappa shape index (κ2) is 8.90. The first-order valence-corrected chi connectivity index (χ1v) is 13.0. The van der Waals surface area contributed by atoms with Crippen molar-refractivity contribution >= 4 is 38.4 Å². The van der Waals surface area contributed by atoms with Crippen LogP contribution in [-0.4, -0.2) is 44.2 Å². The van der Waals surface area contributed by atoms with Crippen LogP contribution >= 0.6 is 11.6 Å². The van der Waals surface area contributed by atoms with Crippen molar-refractivity contribution in [3.8, 4) is 17.2 Å². The maximum Gasteiger partial charge on any atom is 0.270 e. The van der Waals surface area contributed by atoms with Gasteiger partial charge in [-0.3, -0.25) is 9.40 Å². The minimum absolute atomic E-state index is 0.0656. The first-order valence-electron chi connectivity index (χ1n) is 11.2. The minimum Gasteiger partial charge on any atom is -0.495 e. The summed E-state index contributed by atoms with van der Waals surface area (Å²) in [6, 6.07) is 6.95. The fourth-order valence-electron chi connectivity index (χ4n) is 4.40. The van der Waals surface area contributed by atoms with Crippen LogP contribution in [0.5, 0.6) is 17.2 Å². The highest BCUT2D eigenvalue weighted by molar-refractivity contribution is 7.93. The Labute approximate surface area is 213 Å². The molecule has 2 aromatic carbocycles. The summed E-state index contributed by atoms with van der Waals surface area (Å²) in [5, 5.41) is 8.76. The van der Waals surface area contributed by atoms with Crippen LogP contribution in [0.1, 0.15) is 31.4 Å². The molecule has 1 aliphatic rings. The zero-order valence-corrected chi connectivity index (χ0v) is 21.7. The number of hydrogen-bond acceptors (Lipinski definition) is 8. The lowest BCUT2D eigenvalue weighted by molar-refractivity contribution is 0.225. The predicted octanol–water partition coefficient (Wildman–Crippen LogP) is 4.60. The van der Waals surface area contributed by atoms with Crippen LogP contribution in [-0.2, 0) is 22.0 Å². The molecule has 4 aromatic rings. The van der Waals surface area contributed by atoms with E-state index >= 15 is 0 Å². The van der Waals surface area contributed by atoms with E-state index in [1.165, 1.54) is 14.2 Å². The van der Waals surface area contributed by atoms with Crippen molar-refractivity contribution in [1.29, 1.82) is 0 Å². The third kappa shape index (κ3) is 4.01. The Morgan fingerprint density at radius 3 is 2.75 bits per heavy atom. The topological polar surface area (TPSA) is 118 Å². The number of rotatable bonds is 7. The van der Waals surface area contributed by atoms with Gasteiger partial charge in [0.1, 0.15) is 16.9 Å². The summed E-state index contributed by atoms with van der Waals surface area (Å²) < 4.78 is 54.0. The average molecular weight is 533 g/mol. The molecule has 1 N–H and O–H groups in total. The van der Waals surface area contributed by atoms with Crippen LogP contribution < -0.4 is 18.9 Å².